The van der Waals surface area contributed by atoms with E-state index in [1.807, 2.05) is 12.1 Å². The molecule has 3 N–H and O–H groups in total. The Kier molecular flexibility index (Phi) is 3.45. The summed E-state index contributed by atoms with van der Waals surface area (Å²) in [6.45, 7) is 6.07. The highest BCUT2D eigenvalue weighted by Gasteiger charge is 2.04. The van der Waals surface area contributed by atoms with Gasteiger partial charge in [0.05, 0.1) is 0 Å². The number of hydrogen-bond acceptors (Lipinski definition) is 3. The van der Waals surface area contributed by atoms with E-state index in [9.17, 15) is 0 Å². The van der Waals surface area contributed by atoms with E-state index >= 15 is 0 Å². The van der Waals surface area contributed by atoms with E-state index in [1.54, 1.807) is 6.20 Å². The van der Waals surface area contributed by atoms with Gasteiger partial charge in [0.15, 0.2) is 0 Å². The highest BCUT2D eigenvalue weighted by atomic mass is 15.1. The Labute approximate surface area is 84.3 Å². The van der Waals surface area contributed by atoms with E-state index in [0.717, 1.165) is 18.8 Å². The molecule has 0 aliphatic rings. The SMILES string of the molecule is CCN(CC)c1ccnc(C(=N)N)c1. The van der Waals surface area contributed by atoms with Crippen molar-refractivity contribution in [3.8, 4) is 0 Å². The van der Waals surface area contributed by atoms with Crippen LogP contribution >= 0.6 is 0 Å². The van der Waals surface area contributed by atoms with Crippen molar-refractivity contribution in [2.45, 2.75) is 13.8 Å². The van der Waals surface area contributed by atoms with Crippen molar-refractivity contribution in [1.29, 1.82) is 5.41 Å². The van der Waals surface area contributed by atoms with Gasteiger partial charge in [-0.2, -0.15) is 0 Å². The molecule has 76 valence electrons. The normalized spacial score (nSPS) is 9.86. The maximum Gasteiger partial charge on any atom is 0.141 e. The van der Waals surface area contributed by atoms with Crippen molar-refractivity contribution < 1.29 is 0 Å². The van der Waals surface area contributed by atoms with Gasteiger partial charge in [-0.05, 0) is 26.0 Å². The predicted molar refractivity (Wildman–Crippen MR) is 58.8 cm³/mol. The number of nitrogens with one attached hydrogen (secondary N) is 1. The van der Waals surface area contributed by atoms with E-state index in [1.165, 1.54) is 0 Å². The van der Waals surface area contributed by atoms with Crippen LogP contribution in [0, 0.1) is 5.41 Å². The first kappa shape index (κ1) is 10.5. The number of anilines is 1. The second-order valence-electron chi connectivity index (χ2n) is 2.99. The summed E-state index contributed by atoms with van der Waals surface area (Å²) in [6.07, 6.45) is 1.68. The Bertz CT molecular complexity index is 318. The Morgan fingerprint density at radius 3 is 2.64 bits per heavy atom. The van der Waals surface area contributed by atoms with Gasteiger partial charge < -0.3 is 10.6 Å². The van der Waals surface area contributed by atoms with Gasteiger partial charge in [-0.25, -0.2) is 0 Å². The van der Waals surface area contributed by atoms with Crippen LogP contribution in [0.25, 0.3) is 0 Å². The lowest BCUT2D eigenvalue weighted by Crippen LogP contribution is -2.23. The lowest BCUT2D eigenvalue weighted by molar-refractivity contribution is 0.864. The van der Waals surface area contributed by atoms with Crippen molar-refractivity contribution in [2.24, 2.45) is 5.73 Å². The van der Waals surface area contributed by atoms with Gasteiger partial charge in [0, 0.05) is 25.0 Å². The molecule has 4 heteroatoms. The molecule has 0 fully saturated rings. The standard InChI is InChI=1S/C10H16N4/c1-3-14(4-2)8-5-6-13-9(7-8)10(11)12/h5-7H,3-4H2,1-2H3,(H3,11,12). The summed E-state index contributed by atoms with van der Waals surface area (Å²) >= 11 is 0. The lowest BCUT2D eigenvalue weighted by atomic mass is 10.2. The van der Waals surface area contributed by atoms with Crippen molar-refractivity contribution in [3.63, 3.8) is 0 Å². The summed E-state index contributed by atoms with van der Waals surface area (Å²) in [5, 5.41) is 7.28. The summed E-state index contributed by atoms with van der Waals surface area (Å²) in [6, 6.07) is 3.77. The van der Waals surface area contributed by atoms with E-state index in [-0.39, 0.29) is 5.84 Å². The molecule has 1 rings (SSSR count). The zero-order chi connectivity index (χ0) is 10.6. The molecule has 0 atom stereocenters. The van der Waals surface area contributed by atoms with Gasteiger partial charge in [-0.3, -0.25) is 10.4 Å². The molecular weight excluding hydrogens is 176 g/mol. The van der Waals surface area contributed by atoms with Crippen LogP contribution in [0.2, 0.25) is 0 Å². The van der Waals surface area contributed by atoms with E-state index in [2.05, 4.69) is 23.7 Å². The number of nitrogen functional groups attached to an aromatic ring is 1. The summed E-state index contributed by atoms with van der Waals surface area (Å²) in [7, 11) is 0. The second-order valence-corrected chi connectivity index (χ2v) is 2.99. The summed E-state index contributed by atoms with van der Waals surface area (Å²) < 4.78 is 0. The highest BCUT2D eigenvalue weighted by molar-refractivity contribution is 5.93. The zero-order valence-corrected chi connectivity index (χ0v) is 8.62. The Hall–Kier alpha value is -1.58. The Balaban J connectivity index is 2.98. The molecule has 1 aromatic heterocycles. The molecule has 1 aromatic rings. The van der Waals surface area contributed by atoms with Crippen LogP contribution in [-0.2, 0) is 0 Å². The summed E-state index contributed by atoms with van der Waals surface area (Å²) in [4.78, 5) is 6.20. The average Bonchev–Trinajstić information content (AvgIpc) is 2.20. The second kappa shape index (κ2) is 4.60. The number of amidine groups is 1. The first-order valence-electron chi connectivity index (χ1n) is 4.74. The van der Waals surface area contributed by atoms with E-state index in [4.69, 9.17) is 11.1 Å². The largest absolute Gasteiger partial charge is 0.382 e. The predicted octanol–water partition coefficient (Wildman–Crippen LogP) is 1.21. The highest BCUT2D eigenvalue weighted by Crippen LogP contribution is 2.13. The van der Waals surface area contributed by atoms with Crippen LogP contribution in [0.5, 0.6) is 0 Å². The van der Waals surface area contributed by atoms with Crippen LogP contribution in [0.15, 0.2) is 18.3 Å². The fourth-order valence-corrected chi connectivity index (χ4v) is 1.35. The van der Waals surface area contributed by atoms with Gasteiger partial charge in [0.1, 0.15) is 11.5 Å². The fraction of sp³-hybridized carbons (Fsp3) is 0.400. The van der Waals surface area contributed by atoms with Gasteiger partial charge >= 0.3 is 0 Å². The molecule has 0 aromatic carbocycles. The third-order valence-electron chi connectivity index (χ3n) is 2.15. The van der Waals surface area contributed by atoms with Gasteiger partial charge in [0.25, 0.3) is 0 Å². The molecule has 0 unspecified atom stereocenters. The van der Waals surface area contributed by atoms with Crippen LogP contribution in [-0.4, -0.2) is 23.9 Å². The molecule has 0 aliphatic carbocycles. The van der Waals surface area contributed by atoms with Crippen LogP contribution < -0.4 is 10.6 Å². The van der Waals surface area contributed by atoms with Crippen LogP contribution in [0.1, 0.15) is 19.5 Å². The number of pyridine rings is 1. The number of hydrogen-bond donors (Lipinski definition) is 2. The van der Waals surface area contributed by atoms with E-state index in [0.29, 0.717) is 5.69 Å². The Morgan fingerprint density at radius 1 is 1.50 bits per heavy atom. The quantitative estimate of drug-likeness (QED) is 0.556. The molecule has 0 bridgehead atoms. The third-order valence-corrected chi connectivity index (χ3v) is 2.15. The van der Waals surface area contributed by atoms with Crippen molar-refractivity contribution in [2.75, 3.05) is 18.0 Å². The van der Waals surface area contributed by atoms with Gasteiger partial charge in [0.2, 0.25) is 0 Å². The molecule has 1 heterocycles. The molecule has 0 saturated carbocycles. The minimum Gasteiger partial charge on any atom is -0.382 e. The van der Waals surface area contributed by atoms with Crippen molar-refractivity contribution in [3.05, 3.63) is 24.0 Å². The fourth-order valence-electron chi connectivity index (χ4n) is 1.35. The number of aromatic nitrogens is 1. The average molecular weight is 192 g/mol. The van der Waals surface area contributed by atoms with Gasteiger partial charge in [-0.15, -0.1) is 0 Å². The van der Waals surface area contributed by atoms with Crippen molar-refractivity contribution >= 4 is 11.5 Å². The third kappa shape index (κ3) is 2.22. The summed E-state index contributed by atoms with van der Waals surface area (Å²) in [5.74, 6) is 0.0130. The molecule has 0 amide bonds. The van der Waals surface area contributed by atoms with Gasteiger partial charge in [-0.1, -0.05) is 0 Å². The monoisotopic (exact) mass is 192 g/mol. The molecule has 0 spiro atoms. The van der Waals surface area contributed by atoms with Crippen LogP contribution in [0.3, 0.4) is 0 Å². The number of nitrogens with zero attached hydrogens (tertiary/aromatic N) is 2. The maximum atomic E-state index is 7.28. The first-order chi connectivity index (χ1) is 6.69. The topological polar surface area (TPSA) is 66.0 Å². The zero-order valence-electron chi connectivity index (χ0n) is 8.62. The minimum absolute atomic E-state index is 0.0130. The molecule has 4 nitrogen and oxygen atoms in total. The molecular formula is C10H16N4. The van der Waals surface area contributed by atoms with E-state index < -0.39 is 0 Å². The maximum absolute atomic E-state index is 7.28. The number of nitrogens with two attached hydrogens (primary N) is 1. The Morgan fingerprint density at radius 2 is 2.14 bits per heavy atom. The molecule has 14 heavy (non-hydrogen) atoms. The first-order valence-corrected chi connectivity index (χ1v) is 4.74. The van der Waals surface area contributed by atoms with Crippen LogP contribution in [0.4, 0.5) is 5.69 Å². The summed E-state index contributed by atoms with van der Waals surface area (Å²) in [5.41, 5.74) is 6.97. The minimum atomic E-state index is 0.0130. The van der Waals surface area contributed by atoms with Crippen molar-refractivity contribution in [1.82, 2.24) is 4.98 Å². The molecule has 0 radical (unpaired) electrons. The number of rotatable bonds is 4. The molecule has 0 saturated heterocycles. The lowest BCUT2D eigenvalue weighted by Gasteiger charge is -2.21. The smallest absolute Gasteiger partial charge is 0.141 e. The molecule has 0 aliphatic heterocycles.